The molecule has 0 aromatic carbocycles. The molecule has 0 amide bonds. The maximum atomic E-state index is 5.74. The number of nitrogens with zero attached hydrogens (tertiary/aromatic N) is 1. The van der Waals surface area contributed by atoms with Crippen molar-refractivity contribution in [1.82, 2.24) is 4.90 Å². The Morgan fingerprint density at radius 2 is 1.77 bits per heavy atom. The van der Waals surface area contributed by atoms with Crippen molar-refractivity contribution in [2.24, 2.45) is 0 Å². The van der Waals surface area contributed by atoms with Gasteiger partial charge in [0.2, 0.25) is 0 Å². The molecule has 0 heterocycles. The molecule has 0 atom stereocenters. The molecule has 0 aliphatic rings. The van der Waals surface area contributed by atoms with Crippen LogP contribution in [0.2, 0.25) is 0 Å². The molecule has 0 aliphatic heterocycles. The van der Waals surface area contributed by atoms with E-state index in [1.54, 1.807) is 0 Å². The summed E-state index contributed by atoms with van der Waals surface area (Å²) in [6.45, 7) is 5.64. The van der Waals surface area contributed by atoms with E-state index in [0.29, 0.717) is 0 Å². The Balaban J connectivity index is 3.81. The molecule has 0 saturated heterocycles. The molecule has 0 aromatic heterocycles. The topological polar surface area (TPSA) is 12.5 Å². The SMILES string of the molecule is CCC(CC)(CCCN(C)C)O[SiH3]. The van der Waals surface area contributed by atoms with Crippen LogP contribution in [0.4, 0.5) is 0 Å². The van der Waals surface area contributed by atoms with Crippen LogP contribution >= 0.6 is 0 Å². The largest absolute Gasteiger partial charge is 0.422 e. The molecule has 80 valence electrons. The molecule has 0 saturated carbocycles. The van der Waals surface area contributed by atoms with Gasteiger partial charge >= 0.3 is 0 Å². The zero-order chi connectivity index (χ0) is 10.3. The Bertz CT molecular complexity index is 116. The third kappa shape index (κ3) is 4.79. The van der Waals surface area contributed by atoms with E-state index in [4.69, 9.17) is 4.43 Å². The second-order valence-electron chi connectivity index (χ2n) is 4.00. The van der Waals surface area contributed by atoms with E-state index >= 15 is 0 Å². The Morgan fingerprint density at radius 1 is 1.23 bits per heavy atom. The minimum atomic E-state index is 0.197. The van der Waals surface area contributed by atoms with Crippen LogP contribution in [0.1, 0.15) is 39.5 Å². The van der Waals surface area contributed by atoms with Gasteiger partial charge in [-0.2, -0.15) is 0 Å². The molecular formula is C10H25NOSi. The van der Waals surface area contributed by atoms with Crippen LogP contribution < -0.4 is 0 Å². The van der Waals surface area contributed by atoms with Crippen molar-refractivity contribution in [2.75, 3.05) is 20.6 Å². The van der Waals surface area contributed by atoms with Crippen molar-refractivity contribution in [3.8, 4) is 0 Å². The summed E-state index contributed by atoms with van der Waals surface area (Å²) in [7, 11) is 5.12. The van der Waals surface area contributed by atoms with Crippen molar-refractivity contribution >= 4 is 10.5 Å². The molecule has 0 fully saturated rings. The van der Waals surface area contributed by atoms with Crippen LogP contribution in [0, 0.1) is 0 Å². The van der Waals surface area contributed by atoms with Gasteiger partial charge in [-0.3, -0.25) is 0 Å². The Kier molecular flexibility index (Phi) is 6.64. The fourth-order valence-electron chi connectivity index (χ4n) is 1.71. The number of hydrogen-bond acceptors (Lipinski definition) is 2. The van der Waals surface area contributed by atoms with E-state index in [0.717, 1.165) is 23.3 Å². The summed E-state index contributed by atoms with van der Waals surface area (Å²) >= 11 is 0. The zero-order valence-electron chi connectivity index (χ0n) is 9.89. The monoisotopic (exact) mass is 203 g/mol. The van der Waals surface area contributed by atoms with Crippen LogP contribution in [0.25, 0.3) is 0 Å². The van der Waals surface area contributed by atoms with E-state index in [9.17, 15) is 0 Å². The highest BCUT2D eigenvalue weighted by atomic mass is 28.2. The van der Waals surface area contributed by atoms with Crippen molar-refractivity contribution in [1.29, 1.82) is 0 Å². The first-order valence-corrected chi connectivity index (χ1v) is 6.11. The summed E-state index contributed by atoms with van der Waals surface area (Å²) in [6.07, 6.45) is 4.76. The average molecular weight is 203 g/mol. The second kappa shape index (κ2) is 6.57. The third-order valence-electron chi connectivity index (χ3n) is 2.96. The molecule has 0 aromatic rings. The number of hydrogen-bond donors (Lipinski definition) is 0. The summed E-state index contributed by atoms with van der Waals surface area (Å²) < 4.78 is 5.74. The van der Waals surface area contributed by atoms with Gasteiger partial charge in [-0.1, -0.05) is 13.8 Å². The maximum Gasteiger partial charge on any atom is 0.146 e. The Hall–Kier alpha value is 0.137. The van der Waals surface area contributed by atoms with Gasteiger partial charge in [0.1, 0.15) is 10.5 Å². The van der Waals surface area contributed by atoms with E-state index < -0.39 is 0 Å². The van der Waals surface area contributed by atoms with Gasteiger partial charge in [0.15, 0.2) is 0 Å². The minimum absolute atomic E-state index is 0.197. The molecule has 0 spiro atoms. The van der Waals surface area contributed by atoms with E-state index in [1.807, 2.05) is 0 Å². The van der Waals surface area contributed by atoms with Gasteiger partial charge in [-0.15, -0.1) is 0 Å². The standard InChI is InChI=1S/C10H25NOSi/c1-5-10(6-2,12-13)8-7-9-11(3)4/h5-9H2,1-4,13H3. The lowest BCUT2D eigenvalue weighted by atomic mass is 9.92. The third-order valence-corrected chi connectivity index (χ3v) is 3.83. The first kappa shape index (κ1) is 13.1. The van der Waals surface area contributed by atoms with Crippen LogP contribution in [0.3, 0.4) is 0 Å². The molecule has 0 bridgehead atoms. The first-order valence-electron chi connectivity index (χ1n) is 5.30. The Morgan fingerprint density at radius 3 is 2.08 bits per heavy atom. The highest BCUT2D eigenvalue weighted by molar-refractivity contribution is 5.98. The summed E-state index contributed by atoms with van der Waals surface area (Å²) in [5, 5.41) is 0. The molecule has 13 heavy (non-hydrogen) atoms. The van der Waals surface area contributed by atoms with Crippen LogP contribution in [-0.2, 0) is 4.43 Å². The van der Waals surface area contributed by atoms with Gasteiger partial charge < -0.3 is 9.33 Å². The van der Waals surface area contributed by atoms with E-state index in [1.165, 1.54) is 19.4 Å². The quantitative estimate of drug-likeness (QED) is 0.576. The highest BCUT2D eigenvalue weighted by Crippen LogP contribution is 2.24. The summed E-state index contributed by atoms with van der Waals surface area (Å²) in [6, 6.07) is 0. The van der Waals surface area contributed by atoms with Crippen LogP contribution in [0.5, 0.6) is 0 Å². The van der Waals surface area contributed by atoms with Gasteiger partial charge in [0.05, 0.1) is 5.60 Å². The molecule has 0 unspecified atom stereocenters. The lowest BCUT2D eigenvalue weighted by Crippen LogP contribution is -2.31. The van der Waals surface area contributed by atoms with Gasteiger partial charge in [-0.25, -0.2) is 0 Å². The molecule has 0 N–H and O–H groups in total. The lowest BCUT2D eigenvalue weighted by Gasteiger charge is -2.31. The van der Waals surface area contributed by atoms with Gasteiger partial charge in [0, 0.05) is 0 Å². The highest BCUT2D eigenvalue weighted by Gasteiger charge is 2.23. The molecular weight excluding hydrogens is 178 g/mol. The summed E-state index contributed by atoms with van der Waals surface area (Å²) in [5.74, 6) is 0. The van der Waals surface area contributed by atoms with Gasteiger partial charge in [0.25, 0.3) is 0 Å². The molecule has 0 radical (unpaired) electrons. The van der Waals surface area contributed by atoms with E-state index in [-0.39, 0.29) is 5.60 Å². The summed E-state index contributed by atoms with van der Waals surface area (Å²) in [4.78, 5) is 2.24. The molecule has 0 aliphatic carbocycles. The minimum Gasteiger partial charge on any atom is -0.422 e. The van der Waals surface area contributed by atoms with Crippen molar-refractivity contribution in [3.05, 3.63) is 0 Å². The fourth-order valence-corrected chi connectivity index (χ4v) is 2.49. The van der Waals surface area contributed by atoms with Crippen LogP contribution in [0.15, 0.2) is 0 Å². The second-order valence-corrected chi connectivity index (χ2v) is 4.41. The van der Waals surface area contributed by atoms with Gasteiger partial charge in [-0.05, 0) is 46.3 Å². The normalized spacial score (nSPS) is 12.7. The van der Waals surface area contributed by atoms with Crippen LogP contribution in [-0.4, -0.2) is 41.6 Å². The Labute approximate surface area is 86.2 Å². The first-order chi connectivity index (χ1) is 6.10. The number of rotatable bonds is 7. The summed E-state index contributed by atoms with van der Waals surface area (Å²) in [5.41, 5.74) is 0.197. The van der Waals surface area contributed by atoms with E-state index in [2.05, 4.69) is 32.8 Å². The van der Waals surface area contributed by atoms with Crippen molar-refractivity contribution in [3.63, 3.8) is 0 Å². The molecule has 2 nitrogen and oxygen atoms in total. The fraction of sp³-hybridized carbons (Fsp3) is 1.00. The lowest BCUT2D eigenvalue weighted by molar-refractivity contribution is 0.0570. The maximum absolute atomic E-state index is 5.74. The van der Waals surface area contributed by atoms with Crippen molar-refractivity contribution in [2.45, 2.75) is 45.1 Å². The zero-order valence-corrected chi connectivity index (χ0v) is 11.9. The smallest absolute Gasteiger partial charge is 0.146 e. The predicted octanol–water partition coefficient (Wildman–Crippen LogP) is 1.18. The molecule has 3 heteroatoms. The predicted molar refractivity (Wildman–Crippen MR) is 62.1 cm³/mol. The average Bonchev–Trinajstić information content (AvgIpc) is 2.13. The molecule has 0 rings (SSSR count). The van der Waals surface area contributed by atoms with Crippen molar-refractivity contribution < 1.29 is 4.43 Å².